The van der Waals surface area contributed by atoms with Crippen molar-refractivity contribution in [2.75, 3.05) is 7.11 Å². The van der Waals surface area contributed by atoms with Gasteiger partial charge in [0.1, 0.15) is 5.15 Å². The topological polar surface area (TPSA) is 35.0 Å². The lowest BCUT2D eigenvalue weighted by Gasteiger charge is -2.09. The summed E-state index contributed by atoms with van der Waals surface area (Å²) in [6.07, 6.45) is -4.38. The van der Waals surface area contributed by atoms with Gasteiger partial charge < -0.3 is 4.74 Å². The monoisotopic (exact) mass is 380 g/mol. The molecule has 0 bridgehead atoms. The third-order valence-corrected chi connectivity index (χ3v) is 3.97. The summed E-state index contributed by atoms with van der Waals surface area (Å²) in [7, 11) is 1.50. The molecule has 0 N–H and O–H groups in total. The summed E-state index contributed by atoms with van der Waals surface area (Å²) in [5.74, 6) is 0.240. The van der Waals surface area contributed by atoms with Crippen molar-refractivity contribution in [1.82, 2.24) is 9.97 Å². The van der Waals surface area contributed by atoms with Gasteiger partial charge in [-0.15, -0.1) is 0 Å². The molecule has 21 heavy (non-hydrogen) atoms. The van der Waals surface area contributed by atoms with Crippen molar-refractivity contribution in [2.45, 2.75) is 12.8 Å². The van der Waals surface area contributed by atoms with Gasteiger partial charge in [-0.1, -0.05) is 23.7 Å². The Hall–Kier alpha value is -1.18. The Morgan fingerprint density at radius 3 is 2.33 bits per heavy atom. The molecular weight excluding hydrogens is 373 g/mol. The van der Waals surface area contributed by atoms with E-state index in [-0.39, 0.29) is 17.6 Å². The van der Waals surface area contributed by atoms with Crippen LogP contribution >= 0.6 is 27.5 Å². The van der Waals surface area contributed by atoms with Crippen LogP contribution in [0.5, 0.6) is 0 Å². The highest BCUT2D eigenvalue weighted by molar-refractivity contribution is 9.10. The second-order valence-corrected chi connectivity index (χ2v) is 5.26. The van der Waals surface area contributed by atoms with Gasteiger partial charge in [-0.2, -0.15) is 13.2 Å². The minimum absolute atomic E-state index is 0.173. The van der Waals surface area contributed by atoms with E-state index in [0.717, 1.165) is 12.1 Å². The maximum absolute atomic E-state index is 12.5. The Morgan fingerprint density at radius 1 is 1.19 bits per heavy atom. The fourth-order valence-electron chi connectivity index (χ4n) is 1.63. The lowest BCUT2D eigenvalue weighted by molar-refractivity contribution is -0.137. The Bertz CT molecular complexity index is 647. The molecule has 1 heterocycles. The highest BCUT2D eigenvalue weighted by Crippen LogP contribution is 2.31. The molecule has 1 aromatic carbocycles. The predicted molar refractivity (Wildman–Crippen MR) is 75.9 cm³/mol. The van der Waals surface area contributed by atoms with Crippen LogP contribution in [-0.2, 0) is 17.5 Å². The van der Waals surface area contributed by atoms with Gasteiger partial charge in [0.15, 0.2) is 5.82 Å². The van der Waals surface area contributed by atoms with Crippen molar-refractivity contribution in [1.29, 1.82) is 0 Å². The molecule has 0 spiro atoms. The molecule has 0 aliphatic carbocycles. The molecule has 2 rings (SSSR count). The molecule has 0 unspecified atom stereocenters. The van der Waals surface area contributed by atoms with Gasteiger partial charge >= 0.3 is 6.18 Å². The van der Waals surface area contributed by atoms with Crippen molar-refractivity contribution >= 4 is 27.5 Å². The van der Waals surface area contributed by atoms with Gasteiger partial charge in [0, 0.05) is 12.7 Å². The van der Waals surface area contributed by atoms with Gasteiger partial charge in [-0.3, -0.25) is 0 Å². The predicted octanol–water partition coefficient (Wildman–Crippen LogP) is 4.72. The van der Waals surface area contributed by atoms with E-state index in [1.165, 1.54) is 19.2 Å². The van der Waals surface area contributed by atoms with Gasteiger partial charge in [0.2, 0.25) is 0 Å². The molecule has 0 saturated carbocycles. The van der Waals surface area contributed by atoms with Crippen LogP contribution in [-0.4, -0.2) is 17.1 Å². The average molecular weight is 382 g/mol. The number of hydrogen-bond donors (Lipinski definition) is 0. The van der Waals surface area contributed by atoms with Crippen molar-refractivity contribution in [3.05, 3.63) is 45.1 Å². The van der Waals surface area contributed by atoms with Crippen LogP contribution < -0.4 is 0 Å². The fourth-order valence-corrected chi connectivity index (χ4v) is 2.11. The lowest BCUT2D eigenvalue weighted by atomic mass is 10.1. The Kier molecular flexibility index (Phi) is 4.85. The third kappa shape index (κ3) is 3.72. The standard InChI is InChI=1S/C13H9BrClF3N2O/c1-21-6-9-10(14)11(15)20-12(19-9)7-2-4-8(5-3-7)13(16,17)18/h2-5H,6H2,1H3. The largest absolute Gasteiger partial charge is 0.416 e. The van der Waals surface area contributed by atoms with E-state index in [4.69, 9.17) is 16.3 Å². The molecular formula is C13H9BrClF3N2O. The van der Waals surface area contributed by atoms with E-state index in [2.05, 4.69) is 25.9 Å². The van der Waals surface area contributed by atoms with Crippen LogP contribution in [0.1, 0.15) is 11.3 Å². The van der Waals surface area contributed by atoms with E-state index < -0.39 is 11.7 Å². The third-order valence-electron chi connectivity index (χ3n) is 2.63. The molecule has 1 aromatic heterocycles. The van der Waals surface area contributed by atoms with E-state index in [1.54, 1.807) is 0 Å². The number of aromatic nitrogens is 2. The number of ether oxygens (including phenoxy) is 1. The molecule has 0 aliphatic rings. The van der Waals surface area contributed by atoms with E-state index in [9.17, 15) is 13.2 Å². The molecule has 3 nitrogen and oxygen atoms in total. The summed E-state index contributed by atoms with van der Waals surface area (Å²) in [5.41, 5.74) is 0.230. The average Bonchev–Trinajstić information content (AvgIpc) is 2.43. The normalized spacial score (nSPS) is 11.7. The number of benzene rings is 1. The molecule has 0 radical (unpaired) electrons. The summed E-state index contributed by atoms with van der Waals surface area (Å²) in [4.78, 5) is 8.28. The first kappa shape index (κ1) is 16.2. The van der Waals surface area contributed by atoms with Crippen LogP contribution in [0.15, 0.2) is 28.7 Å². The van der Waals surface area contributed by atoms with Crippen molar-refractivity contribution in [3.63, 3.8) is 0 Å². The smallest absolute Gasteiger partial charge is 0.378 e. The summed E-state index contributed by atoms with van der Waals surface area (Å²) in [5, 5.41) is 0.173. The summed E-state index contributed by atoms with van der Waals surface area (Å²) >= 11 is 9.21. The maximum atomic E-state index is 12.5. The Morgan fingerprint density at radius 2 is 1.81 bits per heavy atom. The maximum Gasteiger partial charge on any atom is 0.416 e. The van der Waals surface area contributed by atoms with Crippen LogP contribution in [0.4, 0.5) is 13.2 Å². The number of rotatable bonds is 3. The molecule has 0 aliphatic heterocycles. The SMILES string of the molecule is COCc1nc(-c2ccc(C(F)(F)F)cc2)nc(Cl)c1Br. The zero-order valence-corrected chi connectivity index (χ0v) is 13.1. The van der Waals surface area contributed by atoms with Crippen molar-refractivity contribution < 1.29 is 17.9 Å². The second kappa shape index (κ2) is 6.29. The fraction of sp³-hybridized carbons (Fsp3) is 0.231. The zero-order chi connectivity index (χ0) is 15.6. The van der Waals surface area contributed by atoms with E-state index in [1.807, 2.05) is 0 Å². The van der Waals surface area contributed by atoms with Gasteiger partial charge in [0.05, 0.1) is 22.3 Å². The van der Waals surface area contributed by atoms with Gasteiger partial charge in [-0.25, -0.2) is 9.97 Å². The minimum atomic E-state index is -4.38. The molecule has 112 valence electrons. The lowest BCUT2D eigenvalue weighted by Crippen LogP contribution is -2.04. The summed E-state index contributed by atoms with van der Waals surface area (Å²) in [6, 6.07) is 4.56. The van der Waals surface area contributed by atoms with Crippen LogP contribution in [0, 0.1) is 0 Å². The van der Waals surface area contributed by atoms with Crippen molar-refractivity contribution in [2.24, 2.45) is 0 Å². The van der Waals surface area contributed by atoms with Gasteiger partial charge in [0.25, 0.3) is 0 Å². The number of hydrogen-bond acceptors (Lipinski definition) is 3. The molecule has 0 atom stereocenters. The highest BCUT2D eigenvalue weighted by atomic mass is 79.9. The zero-order valence-electron chi connectivity index (χ0n) is 10.7. The summed E-state index contributed by atoms with van der Waals surface area (Å²) < 4.78 is 43.1. The molecule has 2 aromatic rings. The second-order valence-electron chi connectivity index (χ2n) is 4.11. The van der Waals surface area contributed by atoms with E-state index in [0.29, 0.717) is 15.7 Å². The number of halogens is 5. The van der Waals surface area contributed by atoms with Crippen LogP contribution in [0.25, 0.3) is 11.4 Å². The molecule has 0 fully saturated rings. The Balaban J connectivity index is 2.42. The molecule has 0 amide bonds. The Labute approximate surface area is 132 Å². The minimum Gasteiger partial charge on any atom is -0.378 e. The quantitative estimate of drug-likeness (QED) is 0.721. The number of alkyl halides is 3. The van der Waals surface area contributed by atoms with Crippen molar-refractivity contribution in [3.8, 4) is 11.4 Å². The number of methoxy groups -OCH3 is 1. The first-order valence-electron chi connectivity index (χ1n) is 5.71. The first-order valence-corrected chi connectivity index (χ1v) is 6.88. The highest BCUT2D eigenvalue weighted by Gasteiger charge is 2.30. The summed E-state index contributed by atoms with van der Waals surface area (Å²) in [6.45, 7) is 0.205. The van der Waals surface area contributed by atoms with Gasteiger partial charge in [-0.05, 0) is 28.1 Å². The first-order chi connectivity index (χ1) is 9.82. The van der Waals surface area contributed by atoms with E-state index >= 15 is 0 Å². The molecule has 8 heteroatoms. The number of nitrogens with zero attached hydrogens (tertiary/aromatic N) is 2. The molecule has 0 saturated heterocycles. The van der Waals surface area contributed by atoms with Crippen LogP contribution in [0.3, 0.4) is 0 Å². The van der Waals surface area contributed by atoms with Crippen LogP contribution in [0.2, 0.25) is 5.15 Å².